The van der Waals surface area contributed by atoms with Crippen LogP contribution in [0, 0.1) is 11.6 Å². The highest BCUT2D eigenvalue weighted by molar-refractivity contribution is 5.22. The van der Waals surface area contributed by atoms with Crippen molar-refractivity contribution < 1.29 is 18.3 Å². The molecule has 0 spiro atoms. The molecule has 1 N–H and O–H groups in total. The highest BCUT2D eigenvalue weighted by Crippen LogP contribution is 2.18. The third-order valence-corrected chi connectivity index (χ3v) is 2.69. The summed E-state index contributed by atoms with van der Waals surface area (Å²) >= 11 is 0. The van der Waals surface area contributed by atoms with E-state index in [1.807, 2.05) is 6.92 Å². The first-order valence-electron chi connectivity index (χ1n) is 6.44. The SMILES string of the molecule is CCCNC(COCCOC)c1ccc(F)cc1F. The molecule has 3 nitrogen and oxygen atoms in total. The summed E-state index contributed by atoms with van der Waals surface area (Å²) in [7, 11) is 1.59. The van der Waals surface area contributed by atoms with Crippen molar-refractivity contribution in [3.8, 4) is 0 Å². The smallest absolute Gasteiger partial charge is 0.130 e. The van der Waals surface area contributed by atoms with Crippen molar-refractivity contribution >= 4 is 0 Å². The lowest BCUT2D eigenvalue weighted by Gasteiger charge is -2.19. The molecule has 0 saturated carbocycles. The maximum absolute atomic E-state index is 13.7. The Kier molecular flexibility index (Phi) is 7.55. The highest BCUT2D eigenvalue weighted by Gasteiger charge is 2.15. The van der Waals surface area contributed by atoms with Crippen LogP contribution >= 0.6 is 0 Å². The van der Waals surface area contributed by atoms with Gasteiger partial charge in [-0.05, 0) is 19.0 Å². The Hall–Kier alpha value is -1.04. The van der Waals surface area contributed by atoms with Crippen LogP contribution in [-0.4, -0.2) is 33.5 Å². The largest absolute Gasteiger partial charge is 0.382 e. The second-order valence-corrected chi connectivity index (χ2v) is 4.24. The van der Waals surface area contributed by atoms with Crippen LogP contribution in [0.3, 0.4) is 0 Å². The number of methoxy groups -OCH3 is 1. The zero-order valence-corrected chi connectivity index (χ0v) is 11.4. The minimum absolute atomic E-state index is 0.280. The Labute approximate surface area is 112 Å². The van der Waals surface area contributed by atoms with Gasteiger partial charge in [-0.1, -0.05) is 13.0 Å². The predicted molar refractivity (Wildman–Crippen MR) is 70.1 cm³/mol. The molecule has 1 unspecified atom stereocenters. The van der Waals surface area contributed by atoms with Gasteiger partial charge >= 0.3 is 0 Å². The number of hydrogen-bond acceptors (Lipinski definition) is 3. The normalized spacial score (nSPS) is 12.6. The Bertz CT molecular complexity index is 374. The molecular weight excluding hydrogens is 252 g/mol. The molecule has 0 bridgehead atoms. The molecule has 0 aromatic heterocycles. The van der Waals surface area contributed by atoms with Crippen molar-refractivity contribution in [3.63, 3.8) is 0 Å². The third-order valence-electron chi connectivity index (χ3n) is 2.69. The molecule has 0 amide bonds. The Balaban J connectivity index is 2.66. The Morgan fingerprint density at radius 2 is 2.05 bits per heavy atom. The van der Waals surface area contributed by atoms with Crippen LogP contribution in [0.1, 0.15) is 24.9 Å². The first kappa shape index (κ1) is 16.0. The van der Waals surface area contributed by atoms with Gasteiger partial charge in [-0.25, -0.2) is 8.78 Å². The maximum atomic E-state index is 13.7. The summed E-state index contributed by atoms with van der Waals surface area (Å²) in [4.78, 5) is 0. The van der Waals surface area contributed by atoms with Crippen molar-refractivity contribution in [2.24, 2.45) is 0 Å². The van der Waals surface area contributed by atoms with Gasteiger partial charge in [-0.15, -0.1) is 0 Å². The second kappa shape index (κ2) is 8.96. The number of halogens is 2. The number of hydrogen-bond donors (Lipinski definition) is 1. The Morgan fingerprint density at radius 3 is 2.68 bits per heavy atom. The number of rotatable bonds is 9. The highest BCUT2D eigenvalue weighted by atomic mass is 19.1. The van der Waals surface area contributed by atoms with E-state index in [9.17, 15) is 8.78 Å². The van der Waals surface area contributed by atoms with Gasteiger partial charge in [0.15, 0.2) is 0 Å². The number of benzene rings is 1. The van der Waals surface area contributed by atoms with Crippen LogP contribution in [0.2, 0.25) is 0 Å². The zero-order chi connectivity index (χ0) is 14.1. The van der Waals surface area contributed by atoms with E-state index in [1.165, 1.54) is 12.1 Å². The van der Waals surface area contributed by atoms with Gasteiger partial charge in [-0.3, -0.25) is 0 Å². The average Bonchev–Trinajstić information content (AvgIpc) is 2.39. The second-order valence-electron chi connectivity index (χ2n) is 4.24. The fraction of sp³-hybridized carbons (Fsp3) is 0.571. The molecule has 1 aromatic rings. The van der Waals surface area contributed by atoms with E-state index < -0.39 is 11.6 Å². The van der Waals surface area contributed by atoms with E-state index in [-0.39, 0.29) is 6.04 Å². The van der Waals surface area contributed by atoms with E-state index in [4.69, 9.17) is 9.47 Å². The quantitative estimate of drug-likeness (QED) is 0.702. The topological polar surface area (TPSA) is 30.5 Å². The molecule has 0 saturated heterocycles. The molecule has 1 rings (SSSR count). The molecule has 0 aliphatic carbocycles. The molecule has 0 radical (unpaired) electrons. The third kappa shape index (κ3) is 5.63. The van der Waals surface area contributed by atoms with Crippen molar-refractivity contribution in [1.82, 2.24) is 5.32 Å². The molecule has 0 aliphatic heterocycles. The fourth-order valence-corrected chi connectivity index (χ4v) is 1.70. The van der Waals surface area contributed by atoms with Gasteiger partial charge in [0.2, 0.25) is 0 Å². The molecule has 1 aromatic carbocycles. The van der Waals surface area contributed by atoms with Crippen LogP contribution < -0.4 is 5.32 Å². The molecular formula is C14H21F2NO2. The minimum atomic E-state index is -0.573. The zero-order valence-electron chi connectivity index (χ0n) is 11.4. The lowest BCUT2D eigenvalue weighted by atomic mass is 10.1. The lowest BCUT2D eigenvalue weighted by Crippen LogP contribution is -2.27. The summed E-state index contributed by atoms with van der Waals surface area (Å²) in [6.07, 6.45) is 0.928. The van der Waals surface area contributed by atoms with Gasteiger partial charge in [0, 0.05) is 18.7 Å². The molecule has 19 heavy (non-hydrogen) atoms. The summed E-state index contributed by atoms with van der Waals surface area (Å²) in [6, 6.07) is 3.33. The van der Waals surface area contributed by atoms with Gasteiger partial charge in [0.1, 0.15) is 11.6 Å². The van der Waals surface area contributed by atoms with E-state index in [0.717, 1.165) is 19.0 Å². The monoisotopic (exact) mass is 273 g/mol. The molecule has 0 aliphatic rings. The van der Waals surface area contributed by atoms with Gasteiger partial charge in [0.05, 0.1) is 25.9 Å². The molecule has 0 heterocycles. The Morgan fingerprint density at radius 1 is 1.26 bits per heavy atom. The van der Waals surface area contributed by atoms with Crippen molar-refractivity contribution in [2.75, 3.05) is 33.5 Å². The van der Waals surface area contributed by atoms with Crippen molar-refractivity contribution in [3.05, 3.63) is 35.4 Å². The first-order chi connectivity index (χ1) is 9.19. The van der Waals surface area contributed by atoms with E-state index in [1.54, 1.807) is 7.11 Å². The summed E-state index contributed by atoms with van der Waals surface area (Å²) in [5, 5.41) is 3.19. The molecule has 1 atom stereocenters. The molecule has 5 heteroatoms. The van der Waals surface area contributed by atoms with Crippen molar-refractivity contribution in [1.29, 1.82) is 0 Å². The van der Waals surface area contributed by atoms with Crippen LogP contribution in [0.25, 0.3) is 0 Å². The average molecular weight is 273 g/mol. The van der Waals surface area contributed by atoms with Gasteiger partial charge < -0.3 is 14.8 Å². The molecule has 108 valence electrons. The van der Waals surface area contributed by atoms with Gasteiger partial charge in [0.25, 0.3) is 0 Å². The number of nitrogens with one attached hydrogen (secondary N) is 1. The summed E-state index contributed by atoms with van der Waals surface area (Å²) in [5.41, 5.74) is 0.423. The van der Waals surface area contributed by atoms with E-state index in [2.05, 4.69) is 5.32 Å². The minimum Gasteiger partial charge on any atom is -0.382 e. The number of ether oxygens (including phenoxy) is 2. The first-order valence-corrected chi connectivity index (χ1v) is 6.44. The summed E-state index contributed by atoms with van der Waals surface area (Å²) in [6.45, 7) is 4.04. The summed E-state index contributed by atoms with van der Waals surface area (Å²) < 4.78 is 37.0. The van der Waals surface area contributed by atoms with Gasteiger partial charge in [-0.2, -0.15) is 0 Å². The standard InChI is InChI=1S/C14H21F2NO2/c1-3-6-17-14(10-19-8-7-18-2)12-5-4-11(15)9-13(12)16/h4-5,9,14,17H,3,6-8,10H2,1-2H3. The van der Waals surface area contributed by atoms with Crippen LogP contribution in [-0.2, 0) is 9.47 Å². The predicted octanol–water partition coefficient (Wildman–Crippen LogP) is 2.67. The van der Waals surface area contributed by atoms with Crippen LogP contribution in [0.15, 0.2) is 18.2 Å². The van der Waals surface area contributed by atoms with Crippen molar-refractivity contribution in [2.45, 2.75) is 19.4 Å². The summed E-state index contributed by atoms with van der Waals surface area (Å²) in [5.74, 6) is -1.13. The maximum Gasteiger partial charge on any atom is 0.130 e. The lowest BCUT2D eigenvalue weighted by molar-refractivity contribution is 0.0581. The fourth-order valence-electron chi connectivity index (χ4n) is 1.70. The van der Waals surface area contributed by atoms with E-state index in [0.29, 0.717) is 25.4 Å². The van der Waals surface area contributed by atoms with Crippen LogP contribution in [0.4, 0.5) is 8.78 Å². The van der Waals surface area contributed by atoms with Crippen LogP contribution in [0.5, 0.6) is 0 Å². The van der Waals surface area contributed by atoms with E-state index >= 15 is 0 Å². The molecule has 0 fully saturated rings.